The second-order valence-electron chi connectivity index (χ2n) is 10.2. The summed E-state index contributed by atoms with van der Waals surface area (Å²) in [6, 6.07) is 3.97. The Morgan fingerprint density at radius 1 is 1.21 bits per heavy atom. The summed E-state index contributed by atoms with van der Waals surface area (Å²) in [5.41, 5.74) is 3.20. The lowest BCUT2D eigenvalue weighted by Gasteiger charge is -2.35. The van der Waals surface area contributed by atoms with Gasteiger partial charge in [0.2, 0.25) is 0 Å². The van der Waals surface area contributed by atoms with E-state index in [0.717, 1.165) is 37.1 Å². The van der Waals surface area contributed by atoms with Gasteiger partial charge in [0.25, 0.3) is 0 Å². The Morgan fingerprint density at radius 2 is 1.93 bits per heavy atom. The molecule has 0 spiro atoms. The van der Waals surface area contributed by atoms with E-state index < -0.39 is 6.23 Å². The van der Waals surface area contributed by atoms with E-state index >= 15 is 0 Å². The SMILES string of the molecule is CC(C)(C)c1ccc(C(O)NCCC2=CC3C(C=C2)C2(C)CCC3(C)O2)cn1. The molecule has 1 aliphatic carbocycles. The summed E-state index contributed by atoms with van der Waals surface area (Å²) >= 11 is 0. The van der Waals surface area contributed by atoms with Gasteiger partial charge >= 0.3 is 0 Å². The Labute approximate surface area is 169 Å². The number of hydrogen-bond donors (Lipinski definition) is 2. The first-order chi connectivity index (χ1) is 13.1. The summed E-state index contributed by atoms with van der Waals surface area (Å²) in [5.74, 6) is 0.978. The molecule has 4 nitrogen and oxygen atoms in total. The number of hydrogen-bond acceptors (Lipinski definition) is 4. The highest BCUT2D eigenvalue weighted by Crippen LogP contribution is 2.59. The molecule has 2 N–H and O–H groups in total. The first-order valence-corrected chi connectivity index (χ1v) is 10.6. The first-order valence-electron chi connectivity index (χ1n) is 10.6. The second-order valence-corrected chi connectivity index (χ2v) is 10.2. The van der Waals surface area contributed by atoms with E-state index in [0.29, 0.717) is 11.8 Å². The molecular weight excluding hydrogens is 348 g/mol. The number of aliphatic hydroxyl groups is 1. The number of nitrogens with zero attached hydrogens (tertiary/aromatic N) is 1. The molecule has 0 aromatic carbocycles. The lowest BCUT2D eigenvalue weighted by Crippen LogP contribution is -2.37. The normalized spacial score (nSPS) is 35.0. The van der Waals surface area contributed by atoms with E-state index in [1.807, 2.05) is 12.1 Å². The van der Waals surface area contributed by atoms with Crippen molar-refractivity contribution in [2.75, 3.05) is 6.54 Å². The molecule has 4 heteroatoms. The zero-order valence-electron chi connectivity index (χ0n) is 17.8. The van der Waals surface area contributed by atoms with Gasteiger partial charge in [0.05, 0.1) is 11.2 Å². The minimum atomic E-state index is -0.690. The Hall–Kier alpha value is -1.49. The van der Waals surface area contributed by atoms with Gasteiger partial charge in [-0.3, -0.25) is 10.3 Å². The highest BCUT2D eigenvalue weighted by atomic mass is 16.5. The lowest BCUT2D eigenvalue weighted by molar-refractivity contribution is -0.0375. The van der Waals surface area contributed by atoms with Crippen molar-refractivity contribution in [2.24, 2.45) is 11.8 Å². The van der Waals surface area contributed by atoms with Crippen LogP contribution >= 0.6 is 0 Å². The molecule has 2 aliphatic heterocycles. The number of pyridine rings is 1. The molecule has 5 atom stereocenters. The van der Waals surface area contributed by atoms with Gasteiger partial charge < -0.3 is 9.84 Å². The van der Waals surface area contributed by atoms with Crippen LogP contribution in [0.5, 0.6) is 0 Å². The van der Waals surface area contributed by atoms with E-state index in [-0.39, 0.29) is 16.6 Å². The van der Waals surface area contributed by atoms with Crippen molar-refractivity contribution in [3.63, 3.8) is 0 Å². The van der Waals surface area contributed by atoms with Crippen molar-refractivity contribution in [3.05, 3.63) is 53.4 Å². The van der Waals surface area contributed by atoms with Gasteiger partial charge in [-0.2, -0.15) is 0 Å². The van der Waals surface area contributed by atoms with Crippen LogP contribution in [0.25, 0.3) is 0 Å². The van der Waals surface area contributed by atoms with E-state index in [1.165, 1.54) is 5.57 Å². The van der Waals surface area contributed by atoms with Crippen molar-refractivity contribution in [1.29, 1.82) is 0 Å². The van der Waals surface area contributed by atoms with Crippen LogP contribution < -0.4 is 5.32 Å². The third-order valence-electron chi connectivity index (χ3n) is 6.91. The molecule has 2 bridgehead atoms. The average molecular weight is 383 g/mol. The zero-order valence-corrected chi connectivity index (χ0v) is 17.8. The monoisotopic (exact) mass is 382 g/mol. The predicted molar refractivity (Wildman–Crippen MR) is 112 cm³/mol. The Morgan fingerprint density at radius 3 is 2.57 bits per heavy atom. The number of rotatable bonds is 5. The molecule has 152 valence electrons. The number of ether oxygens (including phenoxy) is 1. The van der Waals surface area contributed by atoms with Crippen molar-refractivity contribution < 1.29 is 9.84 Å². The van der Waals surface area contributed by atoms with Crippen molar-refractivity contribution in [1.82, 2.24) is 10.3 Å². The maximum Gasteiger partial charge on any atom is 0.132 e. The average Bonchev–Trinajstić information content (AvgIpc) is 3.08. The van der Waals surface area contributed by atoms with Crippen LogP contribution in [0.2, 0.25) is 0 Å². The van der Waals surface area contributed by atoms with Crippen molar-refractivity contribution in [2.45, 2.75) is 76.7 Å². The summed E-state index contributed by atoms with van der Waals surface area (Å²) in [6.07, 6.45) is 11.3. The van der Waals surface area contributed by atoms with Gasteiger partial charge in [0.1, 0.15) is 6.23 Å². The van der Waals surface area contributed by atoms with Gasteiger partial charge in [-0.05, 0) is 39.2 Å². The molecule has 2 saturated heterocycles. The molecule has 4 rings (SSSR count). The van der Waals surface area contributed by atoms with Crippen LogP contribution in [0.1, 0.15) is 71.4 Å². The van der Waals surface area contributed by atoms with Crippen molar-refractivity contribution in [3.8, 4) is 0 Å². The van der Waals surface area contributed by atoms with Crippen LogP contribution in [0, 0.1) is 11.8 Å². The van der Waals surface area contributed by atoms with Gasteiger partial charge in [-0.15, -0.1) is 0 Å². The van der Waals surface area contributed by atoms with Gasteiger partial charge in [0.15, 0.2) is 0 Å². The predicted octanol–water partition coefficient (Wildman–Crippen LogP) is 4.42. The minimum absolute atomic E-state index is 0.0111. The summed E-state index contributed by atoms with van der Waals surface area (Å²) in [5, 5.41) is 13.7. The standard InChI is InChI=1S/C24H34N2O2/c1-22(2,3)20-9-7-17(15-26-20)21(27)25-13-10-16-6-8-18-19(14-16)24(5)12-11-23(18,4)28-24/h6-9,14-15,18-19,21,25,27H,10-13H2,1-5H3. The van der Waals surface area contributed by atoms with E-state index in [9.17, 15) is 5.11 Å². The second kappa shape index (κ2) is 6.79. The highest BCUT2D eigenvalue weighted by molar-refractivity contribution is 5.33. The molecule has 0 radical (unpaired) electrons. The first kappa shape index (κ1) is 19.8. The zero-order chi connectivity index (χ0) is 20.2. The van der Waals surface area contributed by atoms with Gasteiger partial charge in [0, 0.05) is 41.2 Å². The number of nitrogens with one attached hydrogen (secondary N) is 1. The lowest BCUT2D eigenvalue weighted by atomic mass is 9.65. The molecule has 1 aromatic heterocycles. The number of fused-ring (bicyclic) bond motifs is 5. The molecule has 0 amide bonds. The third-order valence-corrected chi connectivity index (χ3v) is 6.91. The summed E-state index contributed by atoms with van der Waals surface area (Å²) in [7, 11) is 0. The Bertz CT molecular complexity index is 792. The molecule has 3 aliphatic rings. The Balaban J connectivity index is 1.33. The topological polar surface area (TPSA) is 54.4 Å². The van der Waals surface area contributed by atoms with Crippen LogP contribution in [-0.4, -0.2) is 27.8 Å². The van der Waals surface area contributed by atoms with E-state index in [4.69, 9.17) is 4.74 Å². The largest absolute Gasteiger partial charge is 0.374 e. The highest BCUT2D eigenvalue weighted by Gasteiger charge is 2.61. The van der Waals surface area contributed by atoms with Crippen LogP contribution in [-0.2, 0) is 10.2 Å². The smallest absolute Gasteiger partial charge is 0.132 e. The Kier molecular flexibility index (Phi) is 4.80. The fourth-order valence-electron chi connectivity index (χ4n) is 5.13. The molecule has 3 heterocycles. The molecular formula is C24H34N2O2. The fourth-order valence-corrected chi connectivity index (χ4v) is 5.13. The summed E-state index contributed by atoms with van der Waals surface area (Å²) in [4.78, 5) is 4.50. The maximum atomic E-state index is 10.4. The van der Waals surface area contributed by atoms with Crippen LogP contribution in [0.4, 0.5) is 0 Å². The third kappa shape index (κ3) is 3.47. The molecule has 28 heavy (non-hydrogen) atoms. The number of aromatic nitrogens is 1. The summed E-state index contributed by atoms with van der Waals surface area (Å²) < 4.78 is 6.42. The quantitative estimate of drug-likeness (QED) is 0.740. The summed E-state index contributed by atoms with van der Waals surface area (Å²) in [6.45, 7) is 11.7. The molecule has 0 saturated carbocycles. The van der Waals surface area contributed by atoms with E-state index in [2.05, 4.69) is 63.1 Å². The minimum Gasteiger partial charge on any atom is -0.374 e. The maximum absolute atomic E-state index is 10.4. The van der Waals surface area contributed by atoms with Gasteiger partial charge in [-0.25, -0.2) is 0 Å². The van der Waals surface area contributed by atoms with Crippen LogP contribution in [0.3, 0.4) is 0 Å². The number of aliphatic hydroxyl groups excluding tert-OH is 1. The number of allylic oxidation sites excluding steroid dienone is 1. The van der Waals surface area contributed by atoms with Crippen molar-refractivity contribution >= 4 is 0 Å². The molecule has 5 unspecified atom stereocenters. The van der Waals surface area contributed by atoms with Crippen LogP contribution in [0.15, 0.2) is 42.1 Å². The van der Waals surface area contributed by atoms with E-state index in [1.54, 1.807) is 6.20 Å². The van der Waals surface area contributed by atoms with Gasteiger partial charge in [-0.1, -0.05) is 50.6 Å². The fraction of sp³-hybridized carbons (Fsp3) is 0.625. The molecule has 2 fully saturated rings. The molecule has 1 aromatic rings.